The van der Waals surface area contributed by atoms with Crippen LogP contribution < -0.4 is 10.6 Å². The maximum atomic E-state index is 11.9. The van der Waals surface area contributed by atoms with Crippen molar-refractivity contribution in [2.45, 2.75) is 31.6 Å². The van der Waals surface area contributed by atoms with Crippen LogP contribution in [0.1, 0.15) is 36.6 Å². The fourth-order valence-electron chi connectivity index (χ4n) is 2.14. The summed E-state index contributed by atoms with van der Waals surface area (Å²) in [4.78, 5) is 22.0. The lowest BCUT2D eigenvalue weighted by Gasteiger charge is -2.05. The molecule has 1 heterocycles. The number of hydrogen-bond donors (Lipinski definition) is 2. The van der Waals surface area contributed by atoms with Crippen LogP contribution in [-0.4, -0.2) is 27.6 Å². The van der Waals surface area contributed by atoms with Crippen LogP contribution >= 0.6 is 11.3 Å². The largest absolute Gasteiger partial charge is 0.385 e. The Balaban J connectivity index is 1.36. The van der Waals surface area contributed by atoms with Gasteiger partial charge in [0.2, 0.25) is 11.0 Å². The molecule has 24 heavy (non-hydrogen) atoms. The van der Waals surface area contributed by atoms with Crippen molar-refractivity contribution >= 4 is 33.8 Å². The molecule has 0 bridgehead atoms. The van der Waals surface area contributed by atoms with Gasteiger partial charge in [-0.05, 0) is 31.4 Å². The van der Waals surface area contributed by atoms with Gasteiger partial charge >= 0.3 is 0 Å². The molecule has 0 saturated heterocycles. The van der Waals surface area contributed by atoms with Crippen LogP contribution in [0.25, 0.3) is 0 Å². The molecule has 2 N–H and O–H groups in total. The molecule has 3 rings (SSSR count). The van der Waals surface area contributed by atoms with Gasteiger partial charge in [-0.1, -0.05) is 11.3 Å². The molecule has 8 nitrogen and oxygen atoms in total. The summed E-state index contributed by atoms with van der Waals surface area (Å²) in [5, 5.41) is 26.1. The van der Waals surface area contributed by atoms with Crippen molar-refractivity contribution in [1.82, 2.24) is 10.2 Å². The first kappa shape index (κ1) is 16.3. The number of hydrogen-bond acceptors (Lipinski definition) is 7. The molecule has 1 saturated carbocycles. The monoisotopic (exact) mass is 347 g/mol. The maximum absolute atomic E-state index is 11.9. The van der Waals surface area contributed by atoms with Gasteiger partial charge in [-0.25, -0.2) is 0 Å². The number of carbonyl (C=O) groups is 1. The van der Waals surface area contributed by atoms with E-state index in [-0.39, 0.29) is 11.6 Å². The van der Waals surface area contributed by atoms with E-state index in [1.807, 2.05) is 0 Å². The van der Waals surface area contributed by atoms with Crippen molar-refractivity contribution in [3.05, 3.63) is 39.4 Å². The molecule has 126 valence electrons. The maximum Gasteiger partial charge on any atom is 0.269 e. The topological polar surface area (TPSA) is 110 Å². The zero-order chi connectivity index (χ0) is 16.9. The lowest BCUT2D eigenvalue weighted by molar-refractivity contribution is -0.384. The predicted molar refractivity (Wildman–Crippen MR) is 91.3 cm³/mol. The Hall–Kier alpha value is -2.55. The lowest BCUT2D eigenvalue weighted by atomic mass is 10.2. The SMILES string of the molecule is O=C(CCCNc1ccc([N+](=O)[O-])cc1)Nc1nnc(C2CC2)s1. The fourth-order valence-corrected chi connectivity index (χ4v) is 3.07. The summed E-state index contributed by atoms with van der Waals surface area (Å²) in [5.41, 5.74) is 0.849. The highest BCUT2D eigenvalue weighted by Crippen LogP contribution is 2.42. The van der Waals surface area contributed by atoms with E-state index in [1.165, 1.54) is 23.5 Å². The van der Waals surface area contributed by atoms with Gasteiger partial charge in [-0.3, -0.25) is 14.9 Å². The number of benzene rings is 1. The molecule has 1 fully saturated rings. The van der Waals surface area contributed by atoms with Crippen LogP contribution in [-0.2, 0) is 4.79 Å². The molecule has 0 spiro atoms. The van der Waals surface area contributed by atoms with E-state index in [1.54, 1.807) is 12.1 Å². The Bertz CT molecular complexity index is 727. The number of nitro benzene ring substituents is 1. The van der Waals surface area contributed by atoms with Crippen LogP contribution in [0.5, 0.6) is 0 Å². The molecule has 0 unspecified atom stereocenters. The van der Waals surface area contributed by atoms with Gasteiger partial charge in [0.1, 0.15) is 5.01 Å². The minimum atomic E-state index is -0.434. The Morgan fingerprint density at radius 2 is 2.04 bits per heavy atom. The van der Waals surface area contributed by atoms with E-state index in [0.29, 0.717) is 30.4 Å². The number of amides is 1. The summed E-state index contributed by atoms with van der Waals surface area (Å²) in [6, 6.07) is 6.20. The average Bonchev–Trinajstić information content (AvgIpc) is 3.32. The lowest BCUT2D eigenvalue weighted by Crippen LogP contribution is -2.13. The van der Waals surface area contributed by atoms with Crippen LogP contribution in [0, 0.1) is 10.1 Å². The highest BCUT2D eigenvalue weighted by atomic mass is 32.1. The number of anilines is 2. The van der Waals surface area contributed by atoms with Gasteiger partial charge in [0.25, 0.3) is 5.69 Å². The van der Waals surface area contributed by atoms with Crippen molar-refractivity contribution in [3.63, 3.8) is 0 Å². The van der Waals surface area contributed by atoms with Gasteiger partial charge in [-0.2, -0.15) is 0 Å². The van der Waals surface area contributed by atoms with Crippen LogP contribution in [0.2, 0.25) is 0 Å². The van der Waals surface area contributed by atoms with Crippen LogP contribution in [0.15, 0.2) is 24.3 Å². The van der Waals surface area contributed by atoms with Crippen molar-refractivity contribution in [2.75, 3.05) is 17.2 Å². The first-order valence-electron chi connectivity index (χ1n) is 7.73. The zero-order valence-electron chi connectivity index (χ0n) is 12.9. The van der Waals surface area contributed by atoms with Crippen molar-refractivity contribution in [1.29, 1.82) is 0 Å². The molecule has 0 aliphatic heterocycles. The van der Waals surface area contributed by atoms with Gasteiger partial charge in [0.15, 0.2) is 0 Å². The Morgan fingerprint density at radius 1 is 1.29 bits per heavy atom. The van der Waals surface area contributed by atoms with Gasteiger partial charge in [0, 0.05) is 36.7 Å². The molecule has 1 aliphatic rings. The van der Waals surface area contributed by atoms with Crippen molar-refractivity contribution in [2.24, 2.45) is 0 Å². The van der Waals surface area contributed by atoms with Crippen LogP contribution in [0.4, 0.5) is 16.5 Å². The minimum absolute atomic E-state index is 0.0579. The molecule has 1 amide bonds. The Morgan fingerprint density at radius 3 is 2.71 bits per heavy atom. The fraction of sp³-hybridized carbons (Fsp3) is 0.400. The van der Waals surface area contributed by atoms with E-state index < -0.39 is 4.92 Å². The number of non-ortho nitro benzene ring substituents is 1. The van der Waals surface area contributed by atoms with Crippen LogP contribution in [0.3, 0.4) is 0 Å². The van der Waals surface area contributed by atoms with Gasteiger partial charge < -0.3 is 10.6 Å². The normalized spacial score (nSPS) is 13.5. The van der Waals surface area contributed by atoms with E-state index >= 15 is 0 Å². The molecule has 1 aromatic carbocycles. The number of carbonyl (C=O) groups excluding carboxylic acids is 1. The molecule has 1 aromatic heterocycles. The van der Waals surface area contributed by atoms with E-state index in [2.05, 4.69) is 20.8 Å². The molecular formula is C15H17N5O3S. The quantitative estimate of drug-likeness (QED) is 0.431. The molecule has 9 heteroatoms. The third-order valence-electron chi connectivity index (χ3n) is 3.60. The Kier molecular flexibility index (Phi) is 4.99. The molecule has 0 atom stereocenters. The number of nitro groups is 1. The van der Waals surface area contributed by atoms with Gasteiger partial charge in [-0.15, -0.1) is 10.2 Å². The summed E-state index contributed by atoms with van der Waals surface area (Å²) in [7, 11) is 0. The molecular weight excluding hydrogens is 330 g/mol. The van der Waals surface area contributed by atoms with Gasteiger partial charge in [0.05, 0.1) is 4.92 Å². The van der Waals surface area contributed by atoms with E-state index in [0.717, 1.165) is 23.5 Å². The number of nitrogens with zero attached hydrogens (tertiary/aromatic N) is 3. The smallest absolute Gasteiger partial charge is 0.269 e. The van der Waals surface area contributed by atoms with Crippen molar-refractivity contribution < 1.29 is 9.72 Å². The molecule has 2 aromatic rings. The molecule has 1 aliphatic carbocycles. The third-order valence-corrected chi connectivity index (χ3v) is 4.60. The Labute approximate surface area is 142 Å². The van der Waals surface area contributed by atoms with Crippen molar-refractivity contribution in [3.8, 4) is 0 Å². The highest BCUT2D eigenvalue weighted by Gasteiger charge is 2.27. The summed E-state index contributed by atoms with van der Waals surface area (Å²) < 4.78 is 0. The summed E-state index contributed by atoms with van der Waals surface area (Å²) >= 11 is 1.45. The standard InChI is InChI=1S/C15H17N5O3S/c21-13(17-15-19-18-14(24-15)10-3-4-10)2-1-9-16-11-5-7-12(8-6-11)20(22)23/h5-8,10,16H,1-4,9H2,(H,17,19,21). The molecule has 0 radical (unpaired) electrons. The minimum Gasteiger partial charge on any atom is -0.385 e. The predicted octanol–water partition coefficient (Wildman–Crippen LogP) is 3.15. The second kappa shape index (κ2) is 7.35. The van der Waals surface area contributed by atoms with E-state index in [4.69, 9.17) is 0 Å². The second-order valence-corrected chi connectivity index (χ2v) is 6.61. The number of aromatic nitrogens is 2. The first-order chi connectivity index (χ1) is 11.6. The summed E-state index contributed by atoms with van der Waals surface area (Å²) in [6.07, 6.45) is 3.35. The first-order valence-corrected chi connectivity index (χ1v) is 8.55. The highest BCUT2D eigenvalue weighted by molar-refractivity contribution is 7.15. The summed E-state index contributed by atoms with van der Waals surface area (Å²) in [6.45, 7) is 0.606. The van der Waals surface area contributed by atoms with E-state index in [9.17, 15) is 14.9 Å². The zero-order valence-corrected chi connectivity index (χ0v) is 13.7. The number of nitrogens with one attached hydrogen (secondary N) is 2. The summed E-state index contributed by atoms with van der Waals surface area (Å²) in [5.74, 6) is 0.457. The third kappa shape index (κ3) is 4.48. The number of rotatable bonds is 8. The average molecular weight is 347 g/mol. The second-order valence-electron chi connectivity index (χ2n) is 5.60.